The molecule has 0 aliphatic carbocycles. The number of amides is 1. The fourth-order valence-corrected chi connectivity index (χ4v) is 4.55. The summed E-state index contributed by atoms with van der Waals surface area (Å²) in [5.41, 5.74) is 2.49. The van der Waals surface area contributed by atoms with E-state index in [2.05, 4.69) is 9.88 Å². The molecule has 5 nitrogen and oxygen atoms in total. The lowest BCUT2D eigenvalue weighted by atomic mass is 10.0. The number of nitrogens with zero attached hydrogens (tertiary/aromatic N) is 4. The molecule has 4 heterocycles. The second kappa shape index (κ2) is 7.13. The van der Waals surface area contributed by atoms with Crippen LogP contribution in [-0.4, -0.2) is 39.8 Å². The first-order valence-corrected chi connectivity index (χ1v) is 10.1. The Bertz CT molecular complexity index is 1070. The Morgan fingerprint density at radius 3 is 2.69 bits per heavy atom. The summed E-state index contributed by atoms with van der Waals surface area (Å²) in [6, 6.07) is 7.19. The van der Waals surface area contributed by atoms with Crippen molar-refractivity contribution in [1.82, 2.24) is 14.3 Å². The summed E-state index contributed by atoms with van der Waals surface area (Å²) >= 11 is 0. The lowest BCUT2D eigenvalue weighted by Crippen LogP contribution is -2.29. The Morgan fingerprint density at radius 1 is 1.03 bits per heavy atom. The van der Waals surface area contributed by atoms with Crippen molar-refractivity contribution in [2.24, 2.45) is 0 Å². The molecule has 2 saturated heterocycles. The van der Waals surface area contributed by atoms with Gasteiger partial charge in [0.25, 0.3) is 5.91 Å². The molecule has 2 aromatic heterocycles. The van der Waals surface area contributed by atoms with Crippen molar-refractivity contribution < 1.29 is 13.6 Å². The number of rotatable bonds is 3. The number of pyridine rings is 1. The third-order valence-corrected chi connectivity index (χ3v) is 6.00. The van der Waals surface area contributed by atoms with Crippen LogP contribution in [0.4, 0.5) is 14.5 Å². The van der Waals surface area contributed by atoms with Crippen molar-refractivity contribution in [1.29, 1.82) is 0 Å². The van der Waals surface area contributed by atoms with Crippen LogP contribution in [-0.2, 0) is 0 Å². The van der Waals surface area contributed by atoms with Crippen molar-refractivity contribution in [3.63, 3.8) is 0 Å². The lowest BCUT2D eigenvalue weighted by Gasteiger charge is -2.27. The van der Waals surface area contributed by atoms with E-state index < -0.39 is 11.6 Å². The molecule has 1 atom stereocenters. The van der Waals surface area contributed by atoms with E-state index in [0.29, 0.717) is 16.9 Å². The van der Waals surface area contributed by atoms with Gasteiger partial charge in [-0.05, 0) is 56.0 Å². The minimum atomic E-state index is -0.434. The average molecular weight is 396 g/mol. The van der Waals surface area contributed by atoms with Crippen molar-refractivity contribution in [3.8, 4) is 0 Å². The van der Waals surface area contributed by atoms with Crippen molar-refractivity contribution in [2.45, 2.75) is 31.7 Å². The minimum Gasteiger partial charge on any atom is -0.363 e. The molecular formula is C22H22F2N4O. The Balaban J connectivity index is 1.52. The smallest absolute Gasteiger partial charge is 0.272 e. The number of hydrogen-bond donors (Lipinski definition) is 0. The van der Waals surface area contributed by atoms with Crippen LogP contribution in [0.2, 0.25) is 0 Å². The molecule has 0 saturated carbocycles. The molecule has 0 N–H and O–H groups in total. The first-order chi connectivity index (χ1) is 14.1. The normalized spacial score (nSPS) is 19.4. The molecule has 0 radical (unpaired) electrons. The molecule has 2 aliphatic heterocycles. The quantitative estimate of drug-likeness (QED) is 0.667. The van der Waals surface area contributed by atoms with Gasteiger partial charge in [0, 0.05) is 31.4 Å². The van der Waals surface area contributed by atoms with Crippen LogP contribution in [0.15, 0.2) is 42.7 Å². The van der Waals surface area contributed by atoms with Gasteiger partial charge in [-0.15, -0.1) is 0 Å². The highest BCUT2D eigenvalue weighted by molar-refractivity contribution is 5.93. The molecule has 2 aliphatic rings. The Morgan fingerprint density at radius 2 is 1.86 bits per heavy atom. The largest absolute Gasteiger partial charge is 0.363 e. The standard InChI is InChI=1S/C22H22F2N4O/c23-15-5-7-18(24)17(12-15)19-4-3-11-27(19)16-6-8-21-25-13-20(28(21)14-16)22(29)26-9-1-2-10-26/h5-8,12-14,19H,1-4,9-11H2. The molecule has 3 aromatic rings. The SMILES string of the molecule is O=C(c1cnc2ccc(N3CCCC3c3cc(F)ccc3F)cn12)N1CCCC1. The first-order valence-electron chi connectivity index (χ1n) is 10.1. The van der Waals surface area contributed by atoms with Gasteiger partial charge in [-0.3, -0.25) is 9.20 Å². The number of aromatic nitrogens is 2. The number of anilines is 1. The van der Waals surface area contributed by atoms with Gasteiger partial charge in [-0.2, -0.15) is 0 Å². The summed E-state index contributed by atoms with van der Waals surface area (Å²) in [6.45, 7) is 2.30. The maximum Gasteiger partial charge on any atom is 0.272 e. The molecule has 2 fully saturated rings. The van der Waals surface area contributed by atoms with Gasteiger partial charge in [-0.1, -0.05) is 0 Å². The molecule has 5 rings (SSSR count). The fourth-order valence-electron chi connectivity index (χ4n) is 4.55. The summed E-state index contributed by atoms with van der Waals surface area (Å²) in [7, 11) is 0. The predicted octanol–water partition coefficient (Wildman–Crippen LogP) is 4.19. The van der Waals surface area contributed by atoms with E-state index in [9.17, 15) is 13.6 Å². The van der Waals surface area contributed by atoms with Crippen LogP contribution in [0.5, 0.6) is 0 Å². The van der Waals surface area contributed by atoms with E-state index in [0.717, 1.165) is 57.1 Å². The van der Waals surface area contributed by atoms with Gasteiger partial charge in [0.05, 0.1) is 17.9 Å². The van der Waals surface area contributed by atoms with E-state index in [1.165, 1.54) is 12.1 Å². The van der Waals surface area contributed by atoms with Crippen LogP contribution in [0.1, 0.15) is 47.8 Å². The highest BCUT2D eigenvalue weighted by Crippen LogP contribution is 2.37. The highest BCUT2D eigenvalue weighted by Gasteiger charge is 2.30. The zero-order valence-corrected chi connectivity index (χ0v) is 16.0. The molecule has 0 spiro atoms. The zero-order chi connectivity index (χ0) is 20.0. The Kier molecular flexibility index (Phi) is 4.45. The molecule has 1 unspecified atom stereocenters. The summed E-state index contributed by atoms with van der Waals surface area (Å²) < 4.78 is 30.0. The number of imidazole rings is 1. The van der Waals surface area contributed by atoms with Crippen molar-refractivity contribution >= 4 is 17.2 Å². The van der Waals surface area contributed by atoms with Gasteiger partial charge in [-0.25, -0.2) is 13.8 Å². The van der Waals surface area contributed by atoms with Crippen LogP contribution in [0.3, 0.4) is 0 Å². The van der Waals surface area contributed by atoms with Crippen LogP contribution < -0.4 is 4.90 Å². The zero-order valence-electron chi connectivity index (χ0n) is 16.0. The minimum absolute atomic E-state index is 0.0127. The second-order valence-corrected chi connectivity index (χ2v) is 7.78. The Hall–Kier alpha value is -2.96. The molecule has 1 amide bonds. The van der Waals surface area contributed by atoms with E-state index >= 15 is 0 Å². The van der Waals surface area contributed by atoms with Gasteiger partial charge in [0.15, 0.2) is 0 Å². The number of halogens is 2. The van der Waals surface area contributed by atoms with Crippen LogP contribution in [0, 0.1) is 11.6 Å². The summed E-state index contributed by atoms with van der Waals surface area (Å²) in [6.07, 6.45) is 7.21. The summed E-state index contributed by atoms with van der Waals surface area (Å²) in [4.78, 5) is 21.2. The lowest BCUT2D eigenvalue weighted by molar-refractivity contribution is 0.0786. The average Bonchev–Trinajstić information content (AvgIpc) is 3.48. The molecule has 0 bridgehead atoms. The second-order valence-electron chi connectivity index (χ2n) is 7.78. The van der Waals surface area contributed by atoms with Crippen LogP contribution in [0.25, 0.3) is 5.65 Å². The fraction of sp³-hybridized carbons (Fsp3) is 0.364. The number of carbonyl (C=O) groups is 1. The van der Waals surface area contributed by atoms with Crippen LogP contribution >= 0.6 is 0 Å². The summed E-state index contributed by atoms with van der Waals surface area (Å²) in [5, 5.41) is 0. The van der Waals surface area contributed by atoms with Gasteiger partial charge < -0.3 is 9.80 Å². The summed E-state index contributed by atoms with van der Waals surface area (Å²) in [5.74, 6) is -0.838. The van der Waals surface area contributed by atoms with Crippen molar-refractivity contribution in [3.05, 3.63) is 65.6 Å². The van der Waals surface area contributed by atoms with E-state index in [-0.39, 0.29) is 11.9 Å². The third kappa shape index (κ3) is 3.14. The third-order valence-electron chi connectivity index (χ3n) is 6.00. The number of carbonyl (C=O) groups excluding carboxylic acids is 1. The van der Waals surface area contributed by atoms with E-state index in [4.69, 9.17) is 0 Å². The topological polar surface area (TPSA) is 40.9 Å². The number of likely N-dealkylation sites (tertiary alicyclic amines) is 1. The van der Waals surface area contributed by atoms with Crippen molar-refractivity contribution in [2.75, 3.05) is 24.5 Å². The maximum absolute atomic E-state index is 14.4. The molecule has 1 aromatic carbocycles. The number of hydrogen-bond acceptors (Lipinski definition) is 3. The first kappa shape index (κ1) is 18.1. The number of benzene rings is 1. The monoisotopic (exact) mass is 396 g/mol. The highest BCUT2D eigenvalue weighted by atomic mass is 19.1. The van der Waals surface area contributed by atoms with Gasteiger partial charge in [0.1, 0.15) is 23.0 Å². The van der Waals surface area contributed by atoms with Gasteiger partial charge >= 0.3 is 0 Å². The molecule has 150 valence electrons. The maximum atomic E-state index is 14.4. The molecule has 7 heteroatoms. The van der Waals surface area contributed by atoms with E-state index in [1.807, 2.05) is 27.6 Å². The Labute approximate surface area is 167 Å². The molecule has 29 heavy (non-hydrogen) atoms. The molecular weight excluding hydrogens is 374 g/mol. The van der Waals surface area contributed by atoms with E-state index in [1.54, 1.807) is 6.20 Å². The van der Waals surface area contributed by atoms with Gasteiger partial charge in [0.2, 0.25) is 0 Å². The number of fused-ring (bicyclic) bond motifs is 1. The predicted molar refractivity (Wildman–Crippen MR) is 106 cm³/mol.